The summed E-state index contributed by atoms with van der Waals surface area (Å²) >= 11 is 0. The molecule has 5 saturated carbocycles. The first kappa shape index (κ1) is 42.1. The zero-order valence-electron chi connectivity index (χ0n) is 36.8. The van der Waals surface area contributed by atoms with Crippen molar-refractivity contribution < 1.29 is 19.4 Å². The monoisotopic (exact) mass is 756 g/mol. The standard InChI is InChI=1S/C50H77NO4/c1-32(2)36-20-25-50(29-41(53)51-31-34-14-16-35(17-15-34)44(4,5)6)27-26-48(12)37(43(36)50)18-19-39-47(11)23-22-40(46(9,10)38(47)21-24-49(39,48)13)55-42(54)30-45(7,8)28-33(3)52/h14-17,36-40,43,52H,1,3,18-31H2,2,4-13H3,(H,51,53)/t36-,37+,38?,39?,40?,43?,47-,48+,49+,50+/m0/s1. The van der Waals surface area contributed by atoms with Crippen LogP contribution in [0.4, 0.5) is 0 Å². The first-order valence-corrected chi connectivity index (χ1v) is 22.0. The van der Waals surface area contributed by atoms with Gasteiger partial charge in [-0.05, 0) is 144 Å². The van der Waals surface area contributed by atoms with Crippen LogP contribution in [-0.4, -0.2) is 23.1 Å². The van der Waals surface area contributed by atoms with Crippen LogP contribution in [-0.2, 0) is 26.3 Å². The molecule has 0 radical (unpaired) electrons. The zero-order chi connectivity index (χ0) is 40.6. The third-order valence-electron chi connectivity index (χ3n) is 17.6. The lowest BCUT2D eigenvalue weighted by Gasteiger charge is -2.73. The fourth-order valence-electron chi connectivity index (χ4n) is 14.7. The van der Waals surface area contributed by atoms with Gasteiger partial charge in [-0.2, -0.15) is 0 Å². The van der Waals surface area contributed by atoms with Gasteiger partial charge in [0.05, 0.1) is 12.2 Å². The number of hydrogen-bond acceptors (Lipinski definition) is 4. The smallest absolute Gasteiger partial charge is 0.306 e. The summed E-state index contributed by atoms with van der Waals surface area (Å²) in [5.74, 6) is 2.86. The number of carbonyl (C=O) groups excluding carboxylic acids is 2. The molecule has 55 heavy (non-hydrogen) atoms. The molecular formula is C50H77NO4. The summed E-state index contributed by atoms with van der Waals surface area (Å²) in [7, 11) is 0. The van der Waals surface area contributed by atoms with Gasteiger partial charge in [-0.25, -0.2) is 0 Å². The number of rotatable bonds is 10. The Morgan fingerprint density at radius 3 is 2.11 bits per heavy atom. The molecule has 5 aliphatic carbocycles. The lowest BCUT2D eigenvalue weighted by Crippen LogP contribution is -2.67. The summed E-state index contributed by atoms with van der Waals surface area (Å²) in [5.41, 5.74) is 4.05. The van der Waals surface area contributed by atoms with Crippen molar-refractivity contribution in [2.75, 3.05) is 0 Å². The fraction of sp³-hybridized carbons (Fsp3) is 0.760. The summed E-state index contributed by atoms with van der Waals surface area (Å²) in [4.78, 5) is 27.3. The Hall–Kier alpha value is -2.56. The van der Waals surface area contributed by atoms with Crippen LogP contribution in [0.1, 0.15) is 171 Å². The molecule has 306 valence electrons. The molecule has 0 aromatic heterocycles. The number of aliphatic hydroxyl groups is 1. The molecule has 0 spiro atoms. The van der Waals surface area contributed by atoms with Gasteiger partial charge >= 0.3 is 5.97 Å². The first-order chi connectivity index (χ1) is 25.4. The lowest BCUT2D eigenvalue weighted by molar-refractivity contribution is -0.250. The molecule has 0 saturated heterocycles. The number of aliphatic hydroxyl groups excluding tert-OH is 1. The molecule has 0 bridgehead atoms. The van der Waals surface area contributed by atoms with Gasteiger partial charge in [-0.1, -0.05) is 112 Å². The van der Waals surface area contributed by atoms with E-state index in [1.54, 1.807) is 0 Å². The molecule has 1 amide bonds. The van der Waals surface area contributed by atoms with E-state index in [1.165, 1.54) is 43.2 Å². The molecule has 5 fully saturated rings. The second-order valence-electron chi connectivity index (χ2n) is 22.9. The van der Waals surface area contributed by atoms with E-state index in [2.05, 4.69) is 105 Å². The molecule has 2 N–H and O–H groups in total. The number of hydrogen-bond donors (Lipinski definition) is 2. The van der Waals surface area contributed by atoms with Crippen molar-refractivity contribution in [3.8, 4) is 0 Å². The van der Waals surface area contributed by atoms with Crippen LogP contribution in [0.2, 0.25) is 0 Å². The van der Waals surface area contributed by atoms with E-state index in [9.17, 15) is 14.7 Å². The lowest BCUT2D eigenvalue weighted by atomic mass is 9.32. The maximum atomic E-state index is 13.9. The van der Waals surface area contributed by atoms with E-state index < -0.39 is 0 Å². The van der Waals surface area contributed by atoms with Crippen LogP contribution in [0.15, 0.2) is 48.8 Å². The maximum absolute atomic E-state index is 13.9. The molecule has 5 nitrogen and oxygen atoms in total. The Morgan fingerprint density at radius 2 is 1.49 bits per heavy atom. The SMILES string of the molecule is C=C(O)CC(C)(C)CC(=O)OC1CC[C@@]2(C)C(CC[C@]3(C)C2CC[C@@H]2C4[C@H](C(=C)C)CC[C@]4(CC(=O)NCc4ccc(C(C)(C)C)cc4)CC[C@]23C)C1(C)C. The predicted molar refractivity (Wildman–Crippen MR) is 225 cm³/mol. The van der Waals surface area contributed by atoms with Gasteiger partial charge in [0.2, 0.25) is 5.91 Å². The molecule has 4 unspecified atom stereocenters. The van der Waals surface area contributed by atoms with Crippen molar-refractivity contribution >= 4 is 11.9 Å². The van der Waals surface area contributed by atoms with Gasteiger partial charge in [0.1, 0.15) is 6.10 Å². The molecule has 0 aliphatic heterocycles. The largest absolute Gasteiger partial charge is 0.513 e. The Kier molecular flexibility index (Phi) is 11.0. The van der Waals surface area contributed by atoms with Crippen LogP contribution in [0.3, 0.4) is 0 Å². The van der Waals surface area contributed by atoms with Crippen molar-refractivity contribution in [3.63, 3.8) is 0 Å². The Morgan fingerprint density at radius 1 is 0.818 bits per heavy atom. The average molecular weight is 756 g/mol. The molecule has 10 atom stereocenters. The van der Waals surface area contributed by atoms with E-state index in [1.807, 2.05) is 13.8 Å². The predicted octanol–water partition coefficient (Wildman–Crippen LogP) is 12.4. The topological polar surface area (TPSA) is 75.6 Å². The van der Waals surface area contributed by atoms with Gasteiger partial charge in [0, 0.05) is 24.8 Å². The number of fused-ring (bicyclic) bond motifs is 7. The number of esters is 1. The van der Waals surface area contributed by atoms with Gasteiger partial charge in [0.25, 0.3) is 0 Å². The molecule has 5 heteroatoms. The third-order valence-corrected chi connectivity index (χ3v) is 17.6. The van der Waals surface area contributed by atoms with Crippen molar-refractivity contribution in [1.82, 2.24) is 5.32 Å². The summed E-state index contributed by atoms with van der Waals surface area (Å²) < 4.78 is 6.38. The number of amides is 1. The molecule has 6 rings (SSSR count). The first-order valence-electron chi connectivity index (χ1n) is 22.0. The number of carbonyl (C=O) groups is 2. The summed E-state index contributed by atoms with van der Waals surface area (Å²) in [6.45, 7) is 34.5. The van der Waals surface area contributed by atoms with Crippen LogP contribution < -0.4 is 5.32 Å². The van der Waals surface area contributed by atoms with Gasteiger partial charge in [-0.3, -0.25) is 9.59 Å². The van der Waals surface area contributed by atoms with Crippen molar-refractivity contribution in [2.24, 2.45) is 62.1 Å². The molecule has 1 aromatic carbocycles. The Bertz CT molecular complexity index is 1650. The normalized spacial score (nSPS) is 38.1. The number of benzene rings is 1. The van der Waals surface area contributed by atoms with Crippen molar-refractivity contribution in [3.05, 3.63) is 59.9 Å². The van der Waals surface area contributed by atoms with Gasteiger partial charge in [-0.15, -0.1) is 0 Å². The van der Waals surface area contributed by atoms with Crippen LogP contribution in [0.5, 0.6) is 0 Å². The van der Waals surface area contributed by atoms with E-state index >= 15 is 0 Å². The highest BCUT2D eigenvalue weighted by Gasteiger charge is 2.71. The molecule has 0 heterocycles. The van der Waals surface area contributed by atoms with E-state index in [-0.39, 0.29) is 68.1 Å². The number of nitrogens with one attached hydrogen (secondary N) is 1. The zero-order valence-corrected chi connectivity index (χ0v) is 36.8. The van der Waals surface area contributed by atoms with Crippen LogP contribution >= 0.6 is 0 Å². The highest BCUT2D eigenvalue weighted by Crippen LogP contribution is 2.78. The Labute approximate surface area is 335 Å². The van der Waals surface area contributed by atoms with Crippen LogP contribution in [0.25, 0.3) is 0 Å². The Balaban J connectivity index is 1.19. The highest BCUT2D eigenvalue weighted by atomic mass is 16.5. The van der Waals surface area contributed by atoms with Crippen molar-refractivity contribution in [1.29, 1.82) is 0 Å². The number of ether oxygens (including phenoxy) is 1. The molecule has 1 aromatic rings. The van der Waals surface area contributed by atoms with E-state index in [4.69, 9.17) is 4.74 Å². The summed E-state index contributed by atoms with van der Waals surface area (Å²) in [6.07, 6.45) is 12.7. The van der Waals surface area contributed by atoms with Crippen LogP contribution in [0, 0.1) is 62.1 Å². The third kappa shape index (κ3) is 7.39. The van der Waals surface area contributed by atoms with E-state index in [0.717, 1.165) is 37.7 Å². The minimum Gasteiger partial charge on any atom is -0.513 e. The summed E-state index contributed by atoms with van der Waals surface area (Å²) in [6, 6.07) is 8.77. The van der Waals surface area contributed by atoms with E-state index in [0.29, 0.717) is 49.0 Å². The quantitative estimate of drug-likeness (QED) is 0.142. The molecular weight excluding hydrogens is 679 g/mol. The highest BCUT2D eigenvalue weighted by molar-refractivity contribution is 5.77. The molecule has 5 aliphatic rings. The maximum Gasteiger partial charge on any atom is 0.306 e. The minimum absolute atomic E-state index is 0.0428. The van der Waals surface area contributed by atoms with Gasteiger partial charge in [0.15, 0.2) is 0 Å². The summed E-state index contributed by atoms with van der Waals surface area (Å²) in [5, 5.41) is 13.2. The second-order valence-corrected chi connectivity index (χ2v) is 22.9. The second kappa shape index (κ2) is 14.4. The minimum atomic E-state index is -0.389. The van der Waals surface area contributed by atoms with Gasteiger partial charge < -0.3 is 15.2 Å². The van der Waals surface area contributed by atoms with Crippen molar-refractivity contribution in [2.45, 2.75) is 178 Å². The average Bonchev–Trinajstić information content (AvgIpc) is 3.44. The fourth-order valence-corrected chi connectivity index (χ4v) is 14.7. The number of allylic oxidation sites excluding steroid dienone is 2.